The molecule has 0 saturated carbocycles. The highest BCUT2D eigenvalue weighted by atomic mass is 79.9. The van der Waals surface area contributed by atoms with Crippen molar-refractivity contribution in [1.29, 1.82) is 0 Å². The third kappa shape index (κ3) is 4.04. The van der Waals surface area contributed by atoms with Crippen molar-refractivity contribution >= 4 is 33.1 Å². The third-order valence-electron chi connectivity index (χ3n) is 3.18. The minimum Gasteiger partial charge on any atom is -0.369 e. The molecule has 0 aliphatic rings. The van der Waals surface area contributed by atoms with Gasteiger partial charge in [0, 0.05) is 11.4 Å². The average Bonchev–Trinajstić information content (AvgIpc) is 2.97. The Balaban J connectivity index is 2.41. The highest BCUT2D eigenvalue weighted by molar-refractivity contribution is 9.10. The van der Waals surface area contributed by atoms with Gasteiger partial charge < -0.3 is 5.32 Å². The van der Waals surface area contributed by atoms with E-state index in [1.165, 1.54) is 4.88 Å². The van der Waals surface area contributed by atoms with Gasteiger partial charge in [-0.2, -0.15) is 0 Å². The molecular formula is C16H22BrN3S. The van der Waals surface area contributed by atoms with E-state index in [1.54, 1.807) is 11.3 Å². The first-order valence-electron chi connectivity index (χ1n) is 7.58. The fraction of sp³-hybridized carbons (Fsp3) is 0.500. The summed E-state index contributed by atoms with van der Waals surface area (Å²) in [5.41, 5.74) is 1.09. The summed E-state index contributed by atoms with van der Waals surface area (Å²) in [6.07, 6.45) is 4.17. The summed E-state index contributed by atoms with van der Waals surface area (Å²) in [7, 11) is 0. The summed E-state index contributed by atoms with van der Waals surface area (Å²) in [6, 6.07) is 4.30. The lowest BCUT2D eigenvalue weighted by Gasteiger charge is -2.11. The minimum atomic E-state index is 0.838. The number of halogens is 1. The standard InChI is InChI=1S/C16H22BrN3S/c1-4-7-12-14(17)16(18-10-5-2)20-15(19-12)13-9-8-11(6-3)21-13/h8-9H,4-7,10H2,1-3H3,(H,18,19,20). The van der Waals surface area contributed by atoms with Crippen LogP contribution in [0.15, 0.2) is 16.6 Å². The largest absolute Gasteiger partial charge is 0.369 e. The van der Waals surface area contributed by atoms with Gasteiger partial charge in [0.05, 0.1) is 15.0 Å². The second-order valence-electron chi connectivity index (χ2n) is 4.95. The fourth-order valence-electron chi connectivity index (χ4n) is 2.05. The molecule has 0 radical (unpaired) electrons. The van der Waals surface area contributed by atoms with Gasteiger partial charge in [-0.15, -0.1) is 11.3 Å². The van der Waals surface area contributed by atoms with Crippen molar-refractivity contribution in [3.05, 3.63) is 27.2 Å². The normalized spacial score (nSPS) is 10.9. The highest BCUT2D eigenvalue weighted by Crippen LogP contribution is 2.31. The molecule has 0 aliphatic heterocycles. The Morgan fingerprint density at radius 2 is 1.95 bits per heavy atom. The van der Waals surface area contributed by atoms with E-state index in [-0.39, 0.29) is 0 Å². The van der Waals surface area contributed by atoms with Gasteiger partial charge in [0.2, 0.25) is 0 Å². The molecule has 0 aliphatic carbocycles. The van der Waals surface area contributed by atoms with Crippen LogP contribution >= 0.6 is 27.3 Å². The fourth-order valence-corrected chi connectivity index (χ4v) is 3.45. The lowest BCUT2D eigenvalue weighted by atomic mass is 10.2. The molecular weight excluding hydrogens is 346 g/mol. The highest BCUT2D eigenvalue weighted by Gasteiger charge is 2.14. The molecule has 0 bridgehead atoms. The number of anilines is 1. The van der Waals surface area contributed by atoms with Crippen LogP contribution < -0.4 is 5.32 Å². The van der Waals surface area contributed by atoms with Crippen LogP contribution in [0.4, 0.5) is 5.82 Å². The molecule has 2 heterocycles. The first-order chi connectivity index (χ1) is 10.2. The minimum absolute atomic E-state index is 0.838. The molecule has 5 heteroatoms. The SMILES string of the molecule is CCCNc1nc(-c2ccc(CC)s2)nc(CCC)c1Br. The summed E-state index contributed by atoms with van der Waals surface area (Å²) in [5, 5.41) is 3.40. The van der Waals surface area contributed by atoms with Crippen LogP contribution in [0, 0.1) is 0 Å². The summed E-state index contributed by atoms with van der Waals surface area (Å²) < 4.78 is 1.01. The number of thiophene rings is 1. The van der Waals surface area contributed by atoms with E-state index in [4.69, 9.17) is 9.97 Å². The van der Waals surface area contributed by atoms with Crippen LogP contribution in [0.1, 0.15) is 44.2 Å². The van der Waals surface area contributed by atoms with Gasteiger partial charge in [-0.3, -0.25) is 0 Å². The second-order valence-corrected chi connectivity index (χ2v) is 6.91. The average molecular weight is 368 g/mol. The first-order valence-corrected chi connectivity index (χ1v) is 9.19. The summed E-state index contributed by atoms with van der Waals surface area (Å²) in [5.74, 6) is 1.75. The summed E-state index contributed by atoms with van der Waals surface area (Å²) in [6.45, 7) is 7.43. The quantitative estimate of drug-likeness (QED) is 0.720. The van der Waals surface area contributed by atoms with Crippen molar-refractivity contribution in [2.75, 3.05) is 11.9 Å². The zero-order chi connectivity index (χ0) is 15.2. The molecule has 21 heavy (non-hydrogen) atoms. The Hall–Kier alpha value is -0.940. The van der Waals surface area contributed by atoms with Crippen LogP contribution in [-0.4, -0.2) is 16.5 Å². The van der Waals surface area contributed by atoms with Gasteiger partial charge in [0.25, 0.3) is 0 Å². The predicted molar refractivity (Wildman–Crippen MR) is 95.2 cm³/mol. The lowest BCUT2D eigenvalue weighted by molar-refractivity contribution is 0.865. The third-order valence-corrected chi connectivity index (χ3v) is 5.24. The summed E-state index contributed by atoms with van der Waals surface area (Å²) in [4.78, 5) is 12.0. The number of aromatic nitrogens is 2. The smallest absolute Gasteiger partial charge is 0.171 e. The van der Waals surface area contributed by atoms with E-state index in [0.29, 0.717) is 0 Å². The maximum atomic E-state index is 4.76. The first kappa shape index (κ1) is 16.4. The molecule has 0 fully saturated rings. The van der Waals surface area contributed by atoms with E-state index in [2.05, 4.69) is 54.2 Å². The second kappa shape index (κ2) is 7.90. The van der Waals surface area contributed by atoms with E-state index >= 15 is 0 Å². The zero-order valence-corrected chi connectivity index (χ0v) is 15.3. The van der Waals surface area contributed by atoms with Crippen LogP contribution in [0.2, 0.25) is 0 Å². The number of hydrogen-bond acceptors (Lipinski definition) is 4. The molecule has 2 rings (SSSR count). The van der Waals surface area contributed by atoms with Crippen LogP contribution in [-0.2, 0) is 12.8 Å². The Morgan fingerprint density at radius 3 is 2.57 bits per heavy atom. The van der Waals surface area contributed by atoms with Gasteiger partial charge in [-0.1, -0.05) is 27.2 Å². The lowest BCUT2D eigenvalue weighted by Crippen LogP contribution is -2.07. The van der Waals surface area contributed by atoms with Gasteiger partial charge in [0.15, 0.2) is 5.82 Å². The Kier molecular flexibility index (Phi) is 6.18. The number of nitrogens with one attached hydrogen (secondary N) is 1. The number of aryl methyl sites for hydroxylation is 2. The molecule has 3 nitrogen and oxygen atoms in total. The van der Waals surface area contributed by atoms with Gasteiger partial charge in [0.1, 0.15) is 5.82 Å². The molecule has 0 amide bonds. The molecule has 0 spiro atoms. The number of rotatable bonds is 7. The van der Waals surface area contributed by atoms with Crippen molar-refractivity contribution in [3.63, 3.8) is 0 Å². The van der Waals surface area contributed by atoms with Crippen LogP contribution in [0.25, 0.3) is 10.7 Å². The molecule has 2 aromatic rings. The van der Waals surface area contributed by atoms with E-state index in [9.17, 15) is 0 Å². The van der Waals surface area contributed by atoms with Crippen molar-refractivity contribution in [2.24, 2.45) is 0 Å². The molecule has 0 unspecified atom stereocenters. The van der Waals surface area contributed by atoms with Crippen molar-refractivity contribution in [3.8, 4) is 10.7 Å². The van der Waals surface area contributed by atoms with Crippen molar-refractivity contribution in [1.82, 2.24) is 9.97 Å². The summed E-state index contributed by atoms with van der Waals surface area (Å²) >= 11 is 5.44. The Bertz CT molecular complexity index is 595. The monoisotopic (exact) mass is 367 g/mol. The van der Waals surface area contributed by atoms with Gasteiger partial charge in [-0.05, 0) is 47.3 Å². The predicted octanol–water partition coefficient (Wildman–Crippen LogP) is 5.30. The van der Waals surface area contributed by atoms with E-state index in [1.807, 2.05) is 0 Å². The maximum Gasteiger partial charge on any atom is 0.171 e. The van der Waals surface area contributed by atoms with Gasteiger partial charge in [-0.25, -0.2) is 9.97 Å². The van der Waals surface area contributed by atoms with Crippen LogP contribution in [0.3, 0.4) is 0 Å². The molecule has 114 valence electrons. The van der Waals surface area contributed by atoms with Crippen molar-refractivity contribution < 1.29 is 0 Å². The molecule has 0 aromatic carbocycles. The number of hydrogen-bond donors (Lipinski definition) is 1. The van der Waals surface area contributed by atoms with E-state index in [0.717, 1.165) is 58.9 Å². The zero-order valence-electron chi connectivity index (χ0n) is 12.9. The van der Waals surface area contributed by atoms with E-state index < -0.39 is 0 Å². The number of nitrogens with zero attached hydrogens (tertiary/aromatic N) is 2. The topological polar surface area (TPSA) is 37.8 Å². The van der Waals surface area contributed by atoms with Crippen LogP contribution in [0.5, 0.6) is 0 Å². The van der Waals surface area contributed by atoms with Gasteiger partial charge >= 0.3 is 0 Å². The Labute approximate surface area is 139 Å². The molecule has 2 aromatic heterocycles. The Morgan fingerprint density at radius 1 is 1.14 bits per heavy atom. The molecule has 0 saturated heterocycles. The molecule has 1 N–H and O–H groups in total. The molecule has 0 atom stereocenters. The maximum absolute atomic E-state index is 4.76. The van der Waals surface area contributed by atoms with Crippen molar-refractivity contribution in [2.45, 2.75) is 46.5 Å².